The van der Waals surface area contributed by atoms with Crippen LogP contribution < -0.4 is 0 Å². The fourth-order valence-electron chi connectivity index (χ4n) is 2.87. The first kappa shape index (κ1) is 10.3. The second-order valence-corrected chi connectivity index (χ2v) is 4.74. The molecule has 0 heterocycles. The first-order valence-electron chi connectivity index (χ1n) is 6.16. The monoisotopic (exact) mass is 246 g/mol. The summed E-state index contributed by atoms with van der Waals surface area (Å²) in [6.45, 7) is 0. The van der Waals surface area contributed by atoms with Gasteiger partial charge in [0.25, 0.3) is 0 Å². The molecule has 2 nitrogen and oxygen atoms in total. The van der Waals surface area contributed by atoms with Gasteiger partial charge in [-0.1, -0.05) is 48.5 Å². The Morgan fingerprint density at radius 3 is 2.47 bits per heavy atom. The van der Waals surface area contributed by atoms with E-state index in [1.165, 1.54) is 0 Å². The van der Waals surface area contributed by atoms with Crippen LogP contribution in [0, 0.1) is 0 Å². The van der Waals surface area contributed by atoms with E-state index in [9.17, 15) is 9.90 Å². The van der Waals surface area contributed by atoms with Gasteiger partial charge in [-0.2, -0.15) is 0 Å². The van der Waals surface area contributed by atoms with Gasteiger partial charge in [-0.15, -0.1) is 0 Å². The van der Waals surface area contributed by atoms with Gasteiger partial charge in [-0.25, -0.2) is 0 Å². The van der Waals surface area contributed by atoms with E-state index >= 15 is 0 Å². The summed E-state index contributed by atoms with van der Waals surface area (Å²) in [6, 6.07) is 16.8. The summed E-state index contributed by atoms with van der Waals surface area (Å²) in [5, 5.41) is 12.0. The fourth-order valence-corrected chi connectivity index (χ4v) is 2.87. The molecule has 0 fully saturated rings. The lowest BCUT2D eigenvalue weighted by atomic mass is 9.99. The Labute approximate surface area is 109 Å². The van der Waals surface area contributed by atoms with Crippen molar-refractivity contribution < 1.29 is 9.90 Å². The minimum atomic E-state index is -0.00213. The van der Waals surface area contributed by atoms with Crippen LogP contribution in [-0.4, -0.2) is 10.9 Å². The Morgan fingerprint density at radius 2 is 1.58 bits per heavy atom. The highest BCUT2D eigenvalue weighted by atomic mass is 16.3. The summed E-state index contributed by atoms with van der Waals surface area (Å²) < 4.78 is 0. The first-order chi connectivity index (χ1) is 9.27. The quantitative estimate of drug-likeness (QED) is 0.513. The Morgan fingerprint density at radius 1 is 0.737 bits per heavy atom. The summed E-state index contributed by atoms with van der Waals surface area (Å²) in [6.07, 6.45) is 0. The molecule has 0 aliphatic heterocycles. The van der Waals surface area contributed by atoms with Crippen LogP contribution in [0.4, 0.5) is 0 Å². The maximum Gasteiger partial charge on any atom is 0.195 e. The maximum absolute atomic E-state index is 12.5. The predicted octanol–water partition coefficient (Wildman–Crippen LogP) is 3.76. The van der Waals surface area contributed by atoms with Crippen molar-refractivity contribution in [3.05, 3.63) is 65.7 Å². The van der Waals surface area contributed by atoms with Crippen molar-refractivity contribution in [2.75, 3.05) is 0 Å². The lowest BCUT2D eigenvalue weighted by molar-refractivity contribution is 0.104. The lowest BCUT2D eigenvalue weighted by Gasteiger charge is -2.05. The topological polar surface area (TPSA) is 37.3 Å². The zero-order chi connectivity index (χ0) is 13.0. The summed E-state index contributed by atoms with van der Waals surface area (Å²) in [4.78, 5) is 12.5. The smallest absolute Gasteiger partial charge is 0.195 e. The van der Waals surface area contributed by atoms with Gasteiger partial charge >= 0.3 is 0 Å². The molecule has 3 aromatic carbocycles. The molecule has 0 bridgehead atoms. The third kappa shape index (κ3) is 1.23. The van der Waals surface area contributed by atoms with Gasteiger partial charge in [0.1, 0.15) is 5.75 Å². The molecule has 0 unspecified atom stereocenters. The molecule has 0 radical (unpaired) electrons. The highest BCUT2D eigenvalue weighted by Crippen LogP contribution is 2.44. The van der Waals surface area contributed by atoms with Crippen LogP contribution in [0.3, 0.4) is 0 Å². The number of carbonyl (C=O) groups is 1. The highest BCUT2D eigenvalue weighted by molar-refractivity contribution is 6.28. The molecule has 0 saturated heterocycles. The predicted molar refractivity (Wildman–Crippen MR) is 74.5 cm³/mol. The minimum absolute atomic E-state index is 0.00213. The third-order valence-electron chi connectivity index (χ3n) is 3.71. The Kier molecular flexibility index (Phi) is 1.88. The number of benzene rings is 3. The normalized spacial score (nSPS) is 12.5. The molecular weight excluding hydrogens is 236 g/mol. The summed E-state index contributed by atoms with van der Waals surface area (Å²) in [5.41, 5.74) is 2.78. The number of aromatic hydroxyl groups is 1. The molecule has 4 rings (SSSR count). The molecule has 90 valence electrons. The molecule has 1 N–H and O–H groups in total. The fraction of sp³-hybridized carbons (Fsp3) is 0. The van der Waals surface area contributed by atoms with Crippen molar-refractivity contribution in [2.24, 2.45) is 0 Å². The van der Waals surface area contributed by atoms with E-state index in [4.69, 9.17) is 0 Å². The molecule has 0 aromatic heterocycles. The molecule has 2 heteroatoms. The van der Waals surface area contributed by atoms with E-state index in [0.717, 1.165) is 16.3 Å². The van der Waals surface area contributed by atoms with Gasteiger partial charge in [0, 0.05) is 16.7 Å². The average molecular weight is 246 g/mol. The zero-order valence-corrected chi connectivity index (χ0v) is 10.1. The standard InChI is InChI=1S/C17H10O2/c18-14-7-3-6-13-15(14)12-9-8-10-4-1-2-5-11(10)16(12)17(13)19/h1-9,18H. The Hall–Kier alpha value is -2.61. The molecule has 3 aromatic rings. The number of fused-ring (bicyclic) bond motifs is 5. The lowest BCUT2D eigenvalue weighted by Crippen LogP contribution is -1.95. The number of carbonyl (C=O) groups excluding carboxylic acids is 1. The molecular formula is C17H10O2. The van der Waals surface area contributed by atoms with Crippen LogP contribution in [0.5, 0.6) is 5.75 Å². The van der Waals surface area contributed by atoms with Gasteiger partial charge in [-0.05, 0) is 22.4 Å². The van der Waals surface area contributed by atoms with Crippen molar-refractivity contribution in [3.63, 3.8) is 0 Å². The van der Waals surface area contributed by atoms with Gasteiger partial charge in [-0.3, -0.25) is 4.79 Å². The summed E-state index contributed by atoms with van der Waals surface area (Å²) in [7, 11) is 0. The van der Waals surface area contributed by atoms with E-state index in [1.807, 2.05) is 36.4 Å². The third-order valence-corrected chi connectivity index (χ3v) is 3.71. The van der Waals surface area contributed by atoms with Gasteiger partial charge in [0.05, 0.1) is 0 Å². The Bertz CT molecular complexity index is 847. The average Bonchev–Trinajstić information content (AvgIpc) is 2.74. The van der Waals surface area contributed by atoms with Crippen molar-refractivity contribution in [3.8, 4) is 16.9 Å². The molecule has 0 saturated carbocycles. The second kappa shape index (κ2) is 3.45. The highest BCUT2D eigenvalue weighted by Gasteiger charge is 2.30. The molecule has 19 heavy (non-hydrogen) atoms. The van der Waals surface area contributed by atoms with Crippen molar-refractivity contribution in [1.29, 1.82) is 0 Å². The summed E-state index contributed by atoms with van der Waals surface area (Å²) in [5.74, 6) is 0.164. The van der Waals surface area contributed by atoms with Crippen LogP contribution >= 0.6 is 0 Å². The number of rotatable bonds is 0. The number of hydrogen-bond acceptors (Lipinski definition) is 2. The Balaban J connectivity index is 2.19. The summed E-state index contributed by atoms with van der Waals surface area (Å²) >= 11 is 0. The molecule has 0 atom stereocenters. The molecule has 1 aliphatic carbocycles. The van der Waals surface area contributed by atoms with Gasteiger partial charge in [0.15, 0.2) is 5.78 Å². The first-order valence-corrected chi connectivity index (χ1v) is 6.16. The number of ketones is 1. The number of hydrogen-bond donors (Lipinski definition) is 1. The van der Waals surface area contributed by atoms with Crippen LogP contribution in [0.1, 0.15) is 15.9 Å². The SMILES string of the molecule is O=C1c2cccc(O)c2-c2ccc3ccccc3c21. The van der Waals surface area contributed by atoms with Crippen LogP contribution in [0.15, 0.2) is 54.6 Å². The van der Waals surface area contributed by atoms with Crippen molar-refractivity contribution >= 4 is 16.6 Å². The van der Waals surface area contributed by atoms with E-state index in [0.29, 0.717) is 16.7 Å². The molecule has 0 spiro atoms. The second-order valence-electron chi connectivity index (χ2n) is 4.74. The minimum Gasteiger partial charge on any atom is -0.507 e. The maximum atomic E-state index is 12.5. The van der Waals surface area contributed by atoms with Crippen LogP contribution in [0.2, 0.25) is 0 Å². The number of phenols is 1. The van der Waals surface area contributed by atoms with Gasteiger partial charge < -0.3 is 5.11 Å². The molecule has 1 aliphatic rings. The van der Waals surface area contributed by atoms with E-state index in [1.54, 1.807) is 18.2 Å². The van der Waals surface area contributed by atoms with Crippen molar-refractivity contribution in [1.82, 2.24) is 0 Å². The zero-order valence-electron chi connectivity index (χ0n) is 10.1. The van der Waals surface area contributed by atoms with Crippen LogP contribution in [-0.2, 0) is 0 Å². The van der Waals surface area contributed by atoms with Gasteiger partial charge in [0.2, 0.25) is 0 Å². The van der Waals surface area contributed by atoms with E-state index in [-0.39, 0.29) is 11.5 Å². The largest absolute Gasteiger partial charge is 0.507 e. The van der Waals surface area contributed by atoms with E-state index < -0.39 is 0 Å². The van der Waals surface area contributed by atoms with Crippen molar-refractivity contribution in [2.45, 2.75) is 0 Å². The van der Waals surface area contributed by atoms with E-state index in [2.05, 4.69) is 0 Å². The molecule has 0 amide bonds. The van der Waals surface area contributed by atoms with Crippen LogP contribution in [0.25, 0.3) is 21.9 Å². The number of phenolic OH excluding ortho intramolecular Hbond substituents is 1.